The Morgan fingerprint density at radius 2 is 1.15 bits per heavy atom. The van der Waals surface area contributed by atoms with Crippen molar-refractivity contribution in [2.75, 3.05) is 33.0 Å². The number of hydrogen-bond acceptors (Lipinski definition) is 19. The molecule has 0 aliphatic carbocycles. The summed E-state index contributed by atoms with van der Waals surface area (Å²) in [6, 6.07) is -1.36. The number of amides is 1. The summed E-state index contributed by atoms with van der Waals surface area (Å²) in [7, 11) is 0. The van der Waals surface area contributed by atoms with E-state index in [1.54, 1.807) is 0 Å². The molecule has 0 radical (unpaired) electrons. The fourth-order valence-electron chi connectivity index (χ4n) is 6.45. The van der Waals surface area contributed by atoms with E-state index >= 15 is 0 Å². The van der Waals surface area contributed by atoms with Gasteiger partial charge in [-0.15, -0.1) is 0 Å². The quantitative estimate of drug-likeness (QED) is 0.0957. The van der Waals surface area contributed by atoms with Gasteiger partial charge in [0, 0.05) is 12.8 Å². The van der Waals surface area contributed by atoms with Crippen molar-refractivity contribution in [1.82, 2.24) is 5.32 Å². The Labute approximate surface area is 268 Å². The zero-order chi connectivity index (χ0) is 34.7. The average molecular weight is 690 g/mol. The number of aliphatic hydroxyl groups excluding tert-OH is 12. The first kappa shape index (κ1) is 38.6. The molecular weight excluding hydrogens is 642 g/mol. The Bertz CT molecular complexity index is 994. The highest BCUT2D eigenvalue weighted by Gasteiger charge is 2.54. The van der Waals surface area contributed by atoms with Crippen molar-refractivity contribution < 1.29 is 94.5 Å². The van der Waals surface area contributed by atoms with E-state index < -0.39 is 148 Å². The number of hydrogen-bond donors (Lipinski definition) is 13. The fourth-order valence-corrected chi connectivity index (χ4v) is 6.45. The molecule has 1 amide bonds. The largest absolute Gasteiger partial charge is 0.394 e. The van der Waals surface area contributed by atoms with Gasteiger partial charge in [0.25, 0.3) is 0 Å². The molecule has 0 aromatic rings. The van der Waals surface area contributed by atoms with Gasteiger partial charge in [0.1, 0.15) is 79.4 Å². The maximum absolute atomic E-state index is 12.2. The highest BCUT2D eigenvalue weighted by molar-refractivity contribution is 5.73. The summed E-state index contributed by atoms with van der Waals surface area (Å²) >= 11 is 0. The molecule has 0 saturated carbocycles. The van der Waals surface area contributed by atoms with Crippen LogP contribution in [-0.4, -0.2) is 210 Å². The normalized spacial score (nSPS) is 49.4. The van der Waals surface area contributed by atoms with Crippen molar-refractivity contribution >= 4 is 5.91 Å². The van der Waals surface area contributed by atoms with Crippen LogP contribution in [-0.2, 0) is 33.2 Å². The van der Waals surface area contributed by atoms with Crippen LogP contribution in [0.5, 0.6) is 0 Å². The molecule has 12 unspecified atom stereocenters. The standard InChI is InChI=1S/C27H47NO19/c1-8(33)28-16-11(43-15(6-32)25(21(16)39)47-27-23(41)22(40)20(38)13(4-30)45-27)2-9-17(35)12(3-29)44-26(18(9)36)46-24-14(5-31)42-7-10(34)19(24)37/h9-27,29-32,34-41H,2-7H2,1H3,(H,28,33)/t9?,10?,11-,12?,13?,14?,15?,16?,17+,18?,19?,20-,21?,22?,23?,24+,25+,26-,27-/m0/s1. The van der Waals surface area contributed by atoms with Crippen molar-refractivity contribution in [1.29, 1.82) is 0 Å². The Morgan fingerprint density at radius 1 is 0.617 bits per heavy atom. The van der Waals surface area contributed by atoms with Crippen LogP contribution in [0.2, 0.25) is 0 Å². The van der Waals surface area contributed by atoms with Gasteiger partial charge in [0.2, 0.25) is 5.91 Å². The molecule has 4 rings (SSSR count). The van der Waals surface area contributed by atoms with Gasteiger partial charge in [-0.05, 0) is 6.42 Å². The summed E-state index contributed by atoms with van der Waals surface area (Å²) in [6.07, 6.45) is -26.6. The second-order valence-corrected chi connectivity index (χ2v) is 12.2. The molecule has 20 heteroatoms. The van der Waals surface area contributed by atoms with Crippen LogP contribution in [0.1, 0.15) is 13.3 Å². The second-order valence-electron chi connectivity index (χ2n) is 12.2. The first-order valence-electron chi connectivity index (χ1n) is 15.3. The first-order valence-corrected chi connectivity index (χ1v) is 15.3. The molecule has 4 saturated heterocycles. The highest BCUT2D eigenvalue weighted by atomic mass is 16.7. The Morgan fingerprint density at radius 3 is 1.70 bits per heavy atom. The zero-order valence-corrected chi connectivity index (χ0v) is 25.4. The lowest BCUT2D eigenvalue weighted by Gasteiger charge is -2.50. The number of carbonyl (C=O) groups is 1. The van der Waals surface area contributed by atoms with E-state index in [-0.39, 0.29) is 13.0 Å². The van der Waals surface area contributed by atoms with Crippen molar-refractivity contribution in [2.45, 2.75) is 124 Å². The summed E-state index contributed by atoms with van der Waals surface area (Å²) in [6.45, 7) is -2.15. The van der Waals surface area contributed by atoms with Crippen molar-refractivity contribution in [3.05, 3.63) is 0 Å². The zero-order valence-electron chi connectivity index (χ0n) is 25.4. The van der Waals surface area contributed by atoms with Gasteiger partial charge in [-0.25, -0.2) is 0 Å². The molecule has 0 aromatic heterocycles. The predicted molar refractivity (Wildman–Crippen MR) is 148 cm³/mol. The third-order valence-corrected chi connectivity index (χ3v) is 9.09. The molecule has 4 aliphatic rings. The molecule has 4 fully saturated rings. The van der Waals surface area contributed by atoms with Gasteiger partial charge < -0.3 is 95.0 Å². The van der Waals surface area contributed by atoms with Crippen LogP contribution in [0, 0.1) is 5.92 Å². The number of carbonyl (C=O) groups excluding carboxylic acids is 1. The van der Waals surface area contributed by atoms with E-state index in [2.05, 4.69) is 5.32 Å². The van der Waals surface area contributed by atoms with Gasteiger partial charge in [0.15, 0.2) is 12.6 Å². The third kappa shape index (κ3) is 8.22. The topological polar surface area (TPSA) is 327 Å². The maximum atomic E-state index is 12.2. The van der Waals surface area contributed by atoms with Gasteiger partial charge >= 0.3 is 0 Å². The highest BCUT2D eigenvalue weighted by Crippen LogP contribution is 2.37. The van der Waals surface area contributed by atoms with Crippen LogP contribution in [0.15, 0.2) is 0 Å². The van der Waals surface area contributed by atoms with E-state index in [0.717, 1.165) is 6.92 Å². The average Bonchev–Trinajstić information content (AvgIpc) is 3.05. The minimum absolute atomic E-state index is 0.306. The molecule has 0 bridgehead atoms. The molecule has 20 nitrogen and oxygen atoms in total. The predicted octanol–water partition coefficient (Wildman–Crippen LogP) is -8.26. The lowest BCUT2D eigenvalue weighted by atomic mass is 9.80. The van der Waals surface area contributed by atoms with Gasteiger partial charge in [-0.3, -0.25) is 4.79 Å². The molecule has 47 heavy (non-hydrogen) atoms. The Hall–Kier alpha value is -1.25. The fraction of sp³-hybridized carbons (Fsp3) is 0.963. The lowest BCUT2D eigenvalue weighted by molar-refractivity contribution is -0.341. The molecule has 13 N–H and O–H groups in total. The van der Waals surface area contributed by atoms with Crippen molar-refractivity contribution in [3.8, 4) is 0 Å². The summed E-state index contributed by atoms with van der Waals surface area (Å²) in [5.74, 6) is -1.93. The first-order chi connectivity index (χ1) is 22.3. The van der Waals surface area contributed by atoms with E-state index in [9.17, 15) is 66.1 Å². The Kier molecular flexibility index (Phi) is 13.6. The molecule has 4 heterocycles. The molecule has 0 spiro atoms. The maximum Gasteiger partial charge on any atom is 0.217 e. The number of nitrogens with one attached hydrogen (secondary N) is 1. The van der Waals surface area contributed by atoms with Crippen LogP contribution < -0.4 is 5.32 Å². The molecule has 19 atom stereocenters. The monoisotopic (exact) mass is 689 g/mol. The smallest absolute Gasteiger partial charge is 0.217 e. The SMILES string of the molecule is CC(=O)NC1C(O)[C@H](O[C@@H]2OC(CO)[C@H](O)C(O)C2O)C(CO)O[C@H]1CC1C(O)[C@H](O[C@@H]2C(CO)OCC(O)C2O)OC(CO)[C@@H]1O. The van der Waals surface area contributed by atoms with E-state index in [1.807, 2.05) is 0 Å². The molecular formula is C27H47NO19. The van der Waals surface area contributed by atoms with E-state index in [1.165, 1.54) is 0 Å². The second kappa shape index (κ2) is 16.6. The Balaban J connectivity index is 1.56. The van der Waals surface area contributed by atoms with Crippen molar-refractivity contribution in [3.63, 3.8) is 0 Å². The van der Waals surface area contributed by atoms with Crippen molar-refractivity contribution in [2.24, 2.45) is 5.92 Å². The third-order valence-electron chi connectivity index (χ3n) is 9.09. The summed E-state index contributed by atoms with van der Waals surface area (Å²) in [5, 5.41) is 127. The van der Waals surface area contributed by atoms with Gasteiger partial charge in [-0.2, -0.15) is 0 Å². The van der Waals surface area contributed by atoms with Crippen LogP contribution in [0.4, 0.5) is 0 Å². The molecule has 0 aromatic carbocycles. The molecule has 4 aliphatic heterocycles. The van der Waals surface area contributed by atoms with Crippen LogP contribution in [0.25, 0.3) is 0 Å². The van der Waals surface area contributed by atoms with Crippen LogP contribution >= 0.6 is 0 Å². The van der Waals surface area contributed by atoms with E-state index in [0.29, 0.717) is 0 Å². The lowest BCUT2D eigenvalue weighted by Crippen LogP contribution is -2.68. The van der Waals surface area contributed by atoms with Gasteiger partial charge in [0.05, 0.1) is 51.3 Å². The number of aliphatic hydroxyl groups is 12. The number of ether oxygens (including phenoxy) is 6. The minimum atomic E-state index is -1.87. The summed E-state index contributed by atoms with van der Waals surface area (Å²) in [4.78, 5) is 12.2. The summed E-state index contributed by atoms with van der Waals surface area (Å²) < 4.78 is 33.6. The summed E-state index contributed by atoms with van der Waals surface area (Å²) in [5.41, 5.74) is 0. The van der Waals surface area contributed by atoms with Gasteiger partial charge in [-0.1, -0.05) is 0 Å². The van der Waals surface area contributed by atoms with Crippen LogP contribution in [0.3, 0.4) is 0 Å². The minimum Gasteiger partial charge on any atom is -0.394 e. The number of rotatable bonds is 11. The van der Waals surface area contributed by atoms with E-state index in [4.69, 9.17) is 28.4 Å². The molecule has 274 valence electrons.